The van der Waals surface area contributed by atoms with E-state index in [4.69, 9.17) is 0 Å². The molecule has 0 heteroatoms. The van der Waals surface area contributed by atoms with Crippen LogP contribution in [0.4, 0.5) is 0 Å². The predicted molar refractivity (Wildman–Crippen MR) is 41.7 cm³/mol. The Labute approximate surface area is 63.0 Å². The van der Waals surface area contributed by atoms with Gasteiger partial charge in [-0.3, -0.25) is 0 Å². The SMILES string of the molecule is CC12CCC(CC3CC31)C2. The van der Waals surface area contributed by atoms with Crippen molar-refractivity contribution in [2.45, 2.75) is 39.0 Å². The molecule has 10 heavy (non-hydrogen) atoms. The molecule has 0 aliphatic heterocycles. The molecule has 0 amide bonds. The van der Waals surface area contributed by atoms with Crippen LogP contribution in [0.2, 0.25) is 0 Å². The minimum Gasteiger partial charge on any atom is -0.0594 e. The largest absolute Gasteiger partial charge is 0.0594 e. The van der Waals surface area contributed by atoms with Crippen LogP contribution in [0.15, 0.2) is 0 Å². The van der Waals surface area contributed by atoms with Crippen molar-refractivity contribution >= 4 is 0 Å². The van der Waals surface area contributed by atoms with Crippen LogP contribution in [0, 0.1) is 23.2 Å². The molecule has 0 N–H and O–H groups in total. The minimum atomic E-state index is 0.827. The monoisotopic (exact) mass is 136 g/mol. The van der Waals surface area contributed by atoms with Gasteiger partial charge in [-0.15, -0.1) is 0 Å². The van der Waals surface area contributed by atoms with Crippen LogP contribution in [-0.4, -0.2) is 0 Å². The molecule has 0 heterocycles. The molecule has 3 aliphatic carbocycles. The molecule has 56 valence electrons. The fourth-order valence-corrected chi connectivity index (χ4v) is 3.73. The van der Waals surface area contributed by atoms with Gasteiger partial charge < -0.3 is 0 Å². The minimum absolute atomic E-state index is 0.827. The van der Waals surface area contributed by atoms with Gasteiger partial charge in [0, 0.05) is 0 Å². The standard InChI is InChI=1S/C10H16/c1-10-3-2-7(6-10)4-8-5-9(8)10/h7-9H,2-6H2,1H3. The second-order valence-electron chi connectivity index (χ2n) is 5.10. The number of hydrogen-bond acceptors (Lipinski definition) is 0. The van der Waals surface area contributed by atoms with Gasteiger partial charge in [-0.1, -0.05) is 6.92 Å². The average molecular weight is 136 g/mol. The molecule has 3 rings (SSSR count). The Morgan fingerprint density at radius 3 is 3.10 bits per heavy atom. The highest BCUT2D eigenvalue weighted by Gasteiger charge is 2.57. The van der Waals surface area contributed by atoms with Crippen LogP contribution in [0.25, 0.3) is 0 Å². The van der Waals surface area contributed by atoms with Gasteiger partial charge in [0.05, 0.1) is 0 Å². The molecular weight excluding hydrogens is 120 g/mol. The third-order valence-corrected chi connectivity index (χ3v) is 4.33. The summed E-state index contributed by atoms with van der Waals surface area (Å²) in [6, 6.07) is 0. The second kappa shape index (κ2) is 1.44. The third-order valence-electron chi connectivity index (χ3n) is 4.33. The third kappa shape index (κ3) is 0.538. The first-order valence-corrected chi connectivity index (χ1v) is 4.78. The predicted octanol–water partition coefficient (Wildman–Crippen LogP) is 2.83. The van der Waals surface area contributed by atoms with Crippen LogP contribution in [0.5, 0.6) is 0 Å². The molecule has 4 unspecified atom stereocenters. The summed E-state index contributed by atoms with van der Waals surface area (Å²) in [5.74, 6) is 3.51. The van der Waals surface area contributed by atoms with E-state index in [1.54, 1.807) is 32.1 Å². The zero-order chi connectivity index (χ0) is 6.77. The fraction of sp³-hybridized carbons (Fsp3) is 1.00. The van der Waals surface area contributed by atoms with E-state index in [1.807, 2.05) is 0 Å². The van der Waals surface area contributed by atoms with Gasteiger partial charge in [0.2, 0.25) is 0 Å². The van der Waals surface area contributed by atoms with E-state index in [0.717, 1.165) is 11.3 Å². The number of hydrogen-bond donors (Lipinski definition) is 0. The van der Waals surface area contributed by atoms with Crippen LogP contribution in [0.1, 0.15) is 39.0 Å². The molecule has 0 saturated heterocycles. The molecular formula is C10H16. The maximum absolute atomic E-state index is 2.54. The highest BCUT2D eigenvalue weighted by molar-refractivity contribution is 5.07. The smallest absolute Gasteiger partial charge is 0.0292 e. The van der Waals surface area contributed by atoms with Gasteiger partial charge in [0.1, 0.15) is 0 Å². The fourth-order valence-electron chi connectivity index (χ4n) is 3.73. The normalized spacial score (nSPS) is 63.9. The summed E-state index contributed by atoms with van der Waals surface area (Å²) in [6.07, 6.45) is 7.88. The van der Waals surface area contributed by atoms with Gasteiger partial charge in [-0.05, 0) is 55.3 Å². The first kappa shape index (κ1) is 5.62. The lowest BCUT2D eigenvalue weighted by atomic mass is 9.77. The number of rotatable bonds is 0. The zero-order valence-electron chi connectivity index (χ0n) is 6.77. The second-order valence-corrected chi connectivity index (χ2v) is 5.10. The molecule has 3 aliphatic rings. The van der Waals surface area contributed by atoms with E-state index in [2.05, 4.69) is 6.92 Å². The Bertz CT molecular complexity index is 173. The lowest BCUT2D eigenvalue weighted by Gasteiger charge is -2.28. The Kier molecular flexibility index (Phi) is 0.810. The highest BCUT2D eigenvalue weighted by Crippen LogP contribution is 2.66. The highest BCUT2D eigenvalue weighted by atomic mass is 14.6. The van der Waals surface area contributed by atoms with E-state index in [1.165, 1.54) is 11.8 Å². The van der Waals surface area contributed by atoms with Crippen molar-refractivity contribution in [3.05, 3.63) is 0 Å². The molecule has 0 radical (unpaired) electrons. The first-order valence-electron chi connectivity index (χ1n) is 4.78. The van der Waals surface area contributed by atoms with E-state index in [0.29, 0.717) is 0 Å². The van der Waals surface area contributed by atoms with Crippen LogP contribution >= 0.6 is 0 Å². The molecule has 0 spiro atoms. The molecule has 3 saturated carbocycles. The van der Waals surface area contributed by atoms with Crippen molar-refractivity contribution in [3.8, 4) is 0 Å². The molecule has 0 aromatic rings. The Hall–Kier alpha value is 0. The lowest BCUT2D eigenvalue weighted by molar-refractivity contribution is 0.215. The summed E-state index contributed by atoms with van der Waals surface area (Å²) < 4.78 is 0. The molecule has 0 aromatic heterocycles. The summed E-state index contributed by atoms with van der Waals surface area (Å²) >= 11 is 0. The van der Waals surface area contributed by atoms with E-state index >= 15 is 0 Å². The molecule has 0 aromatic carbocycles. The average Bonchev–Trinajstić information content (AvgIpc) is 2.57. The van der Waals surface area contributed by atoms with E-state index in [-0.39, 0.29) is 0 Å². The number of fused-ring (bicyclic) bond motifs is 4. The van der Waals surface area contributed by atoms with Gasteiger partial charge in [0.25, 0.3) is 0 Å². The Morgan fingerprint density at radius 1 is 1.30 bits per heavy atom. The molecule has 4 atom stereocenters. The maximum atomic E-state index is 2.54. The summed E-state index contributed by atoms with van der Waals surface area (Å²) in [7, 11) is 0. The summed E-state index contributed by atoms with van der Waals surface area (Å²) in [5, 5.41) is 0. The van der Waals surface area contributed by atoms with Crippen molar-refractivity contribution < 1.29 is 0 Å². The molecule has 2 bridgehead atoms. The summed E-state index contributed by atoms with van der Waals surface area (Å²) in [4.78, 5) is 0. The lowest BCUT2D eigenvalue weighted by Crippen LogP contribution is -2.19. The van der Waals surface area contributed by atoms with Crippen molar-refractivity contribution in [2.75, 3.05) is 0 Å². The van der Waals surface area contributed by atoms with Crippen LogP contribution in [-0.2, 0) is 0 Å². The van der Waals surface area contributed by atoms with E-state index in [9.17, 15) is 0 Å². The first-order chi connectivity index (χ1) is 4.78. The van der Waals surface area contributed by atoms with Gasteiger partial charge >= 0.3 is 0 Å². The van der Waals surface area contributed by atoms with Gasteiger partial charge in [0.15, 0.2) is 0 Å². The summed E-state index contributed by atoms with van der Waals surface area (Å²) in [6.45, 7) is 2.54. The molecule has 3 fully saturated rings. The molecule has 0 nitrogen and oxygen atoms in total. The van der Waals surface area contributed by atoms with E-state index < -0.39 is 0 Å². The van der Waals surface area contributed by atoms with Crippen LogP contribution < -0.4 is 0 Å². The van der Waals surface area contributed by atoms with Crippen LogP contribution in [0.3, 0.4) is 0 Å². The van der Waals surface area contributed by atoms with Crippen molar-refractivity contribution in [2.24, 2.45) is 23.2 Å². The van der Waals surface area contributed by atoms with Gasteiger partial charge in [-0.2, -0.15) is 0 Å². The Morgan fingerprint density at radius 2 is 2.20 bits per heavy atom. The quantitative estimate of drug-likeness (QED) is 0.480. The summed E-state index contributed by atoms with van der Waals surface area (Å²) in [5.41, 5.74) is 0.827. The van der Waals surface area contributed by atoms with Crippen molar-refractivity contribution in [1.82, 2.24) is 0 Å². The van der Waals surface area contributed by atoms with Crippen molar-refractivity contribution in [3.63, 3.8) is 0 Å². The van der Waals surface area contributed by atoms with Gasteiger partial charge in [-0.25, -0.2) is 0 Å². The maximum Gasteiger partial charge on any atom is -0.0292 e. The Balaban J connectivity index is 1.96. The van der Waals surface area contributed by atoms with Crippen molar-refractivity contribution in [1.29, 1.82) is 0 Å². The zero-order valence-corrected chi connectivity index (χ0v) is 6.77. The topological polar surface area (TPSA) is 0 Å².